The molecule has 0 N–H and O–H groups in total. The van der Waals surface area contributed by atoms with Gasteiger partial charge in [0.05, 0.1) is 19.7 Å². The second-order valence-corrected chi connectivity index (χ2v) is 5.87. The molecule has 1 amide bonds. The average molecular weight is 371 g/mol. The van der Waals surface area contributed by atoms with Crippen molar-refractivity contribution in [2.45, 2.75) is 26.3 Å². The SMILES string of the molecule is CCC/C=C/C=N/N1C(=S)N(Cc2ccccc2)C(=O)/C1=C\C(=O)OC. The van der Waals surface area contributed by atoms with Crippen molar-refractivity contribution in [2.75, 3.05) is 7.11 Å². The number of ether oxygens (including phenoxy) is 1. The number of amides is 1. The molecule has 1 aromatic carbocycles. The van der Waals surface area contributed by atoms with Crippen molar-refractivity contribution >= 4 is 35.4 Å². The number of hydrogen-bond acceptors (Lipinski definition) is 5. The number of hydrogen-bond donors (Lipinski definition) is 0. The first-order valence-electron chi connectivity index (χ1n) is 8.27. The van der Waals surface area contributed by atoms with Crippen molar-refractivity contribution in [3.05, 3.63) is 59.8 Å². The van der Waals surface area contributed by atoms with Crippen LogP contribution in [0.1, 0.15) is 25.3 Å². The minimum atomic E-state index is -0.639. The highest BCUT2D eigenvalue weighted by Crippen LogP contribution is 2.24. The Morgan fingerprint density at radius 1 is 1.31 bits per heavy atom. The number of esters is 1. The summed E-state index contributed by atoms with van der Waals surface area (Å²) in [6.45, 7) is 2.38. The molecule has 136 valence electrons. The van der Waals surface area contributed by atoms with Crippen LogP contribution in [0.4, 0.5) is 0 Å². The van der Waals surface area contributed by atoms with Crippen molar-refractivity contribution in [3.8, 4) is 0 Å². The molecule has 7 heteroatoms. The third-order valence-corrected chi connectivity index (χ3v) is 4.00. The Kier molecular flexibility index (Phi) is 7.23. The molecule has 0 radical (unpaired) electrons. The zero-order valence-corrected chi connectivity index (χ0v) is 15.6. The predicted molar refractivity (Wildman–Crippen MR) is 104 cm³/mol. The van der Waals surface area contributed by atoms with Gasteiger partial charge in [-0.3, -0.25) is 9.69 Å². The molecule has 26 heavy (non-hydrogen) atoms. The van der Waals surface area contributed by atoms with E-state index in [2.05, 4.69) is 16.8 Å². The summed E-state index contributed by atoms with van der Waals surface area (Å²) >= 11 is 5.41. The molecule has 0 aliphatic carbocycles. The van der Waals surface area contributed by atoms with Crippen LogP contribution >= 0.6 is 12.2 Å². The van der Waals surface area contributed by atoms with Crippen LogP contribution in [0.2, 0.25) is 0 Å². The van der Waals surface area contributed by atoms with Gasteiger partial charge >= 0.3 is 5.97 Å². The molecular formula is C19H21N3O3S. The van der Waals surface area contributed by atoms with Crippen LogP contribution in [0, 0.1) is 0 Å². The number of nitrogens with zero attached hydrogens (tertiary/aromatic N) is 3. The molecule has 1 heterocycles. The molecule has 0 unspecified atom stereocenters. The minimum Gasteiger partial charge on any atom is -0.466 e. The highest BCUT2D eigenvalue weighted by molar-refractivity contribution is 7.80. The molecule has 1 aromatic rings. The third kappa shape index (κ3) is 4.86. The van der Waals surface area contributed by atoms with Gasteiger partial charge in [-0.05, 0) is 30.3 Å². The minimum absolute atomic E-state index is 0.0675. The maximum Gasteiger partial charge on any atom is 0.332 e. The first-order chi connectivity index (χ1) is 12.6. The average Bonchev–Trinajstić information content (AvgIpc) is 2.87. The van der Waals surface area contributed by atoms with E-state index in [4.69, 9.17) is 12.2 Å². The number of unbranched alkanes of at least 4 members (excludes halogenated alkanes) is 1. The van der Waals surface area contributed by atoms with Crippen LogP contribution in [-0.2, 0) is 20.9 Å². The number of methoxy groups -OCH3 is 1. The Bertz CT molecular complexity index is 757. The van der Waals surface area contributed by atoms with E-state index < -0.39 is 5.97 Å². The second-order valence-electron chi connectivity index (χ2n) is 5.51. The van der Waals surface area contributed by atoms with Gasteiger partial charge in [0, 0.05) is 6.21 Å². The lowest BCUT2D eigenvalue weighted by molar-refractivity contribution is -0.135. The van der Waals surface area contributed by atoms with Crippen LogP contribution in [0.25, 0.3) is 0 Å². The molecule has 6 nitrogen and oxygen atoms in total. The van der Waals surface area contributed by atoms with Gasteiger partial charge in [-0.15, -0.1) is 0 Å². The summed E-state index contributed by atoms with van der Waals surface area (Å²) in [5, 5.41) is 5.73. The van der Waals surface area contributed by atoms with Crippen LogP contribution in [-0.4, -0.2) is 40.2 Å². The molecule has 0 bridgehead atoms. The molecular weight excluding hydrogens is 350 g/mol. The zero-order valence-electron chi connectivity index (χ0n) is 14.8. The van der Waals surface area contributed by atoms with Crippen LogP contribution in [0.15, 0.2) is 59.4 Å². The topological polar surface area (TPSA) is 62.2 Å². The maximum absolute atomic E-state index is 12.7. The Morgan fingerprint density at radius 2 is 2.04 bits per heavy atom. The first kappa shape index (κ1) is 19.5. The van der Waals surface area contributed by atoms with E-state index in [9.17, 15) is 9.59 Å². The number of allylic oxidation sites excluding steroid dienone is 2. The Morgan fingerprint density at radius 3 is 2.69 bits per heavy atom. The molecule has 2 rings (SSSR count). The Balaban J connectivity index is 2.27. The molecule has 1 saturated heterocycles. The lowest BCUT2D eigenvalue weighted by atomic mass is 10.2. The summed E-state index contributed by atoms with van der Waals surface area (Å²) in [4.78, 5) is 25.8. The van der Waals surface area contributed by atoms with Gasteiger partial charge in [0.1, 0.15) is 5.70 Å². The van der Waals surface area contributed by atoms with Crippen molar-refractivity contribution < 1.29 is 14.3 Å². The molecule has 1 aliphatic rings. The molecule has 1 fully saturated rings. The molecule has 0 saturated carbocycles. The fourth-order valence-corrected chi connectivity index (χ4v) is 2.57. The van der Waals surface area contributed by atoms with Crippen LogP contribution in [0.5, 0.6) is 0 Å². The van der Waals surface area contributed by atoms with E-state index in [1.54, 1.807) is 12.3 Å². The molecule has 0 spiro atoms. The summed E-state index contributed by atoms with van der Waals surface area (Å²) in [5.74, 6) is -1.03. The van der Waals surface area contributed by atoms with Gasteiger partial charge in [0.2, 0.25) is 5.11 Å². The zero-order chi connectivity index (χ0) is 18.9. The number of thiocarbonyl (C=S) groups is 1. The van der Waals surface area contributed by atoms with Crippen LogP contribution in [0.3, 0.4) is 0 Å². The van der Waals surface area contributed by atoms with Gasteiger partial charge in [-0.25, -0.2) is 9.80 Å². The van der Waals surface area contributed by atoms with E-state index >= 15 is 0 Å². The number of benzene rings is 1. The predicted octanol–water partition coefficient (Wildman–Crippen LogP) is 3.01. The van der Waals surface area contributed by atoms with Gasteiger partial charge in [0.25, 0.3) is 5.91 Å². The fraction of sp³-hybridized carbons (Fsp3) is 0.263. The van der Waals surface area contributed by atoms with Gasteiger partial charge in [-0.1, -0.05) is 49.8 Å². The quantitative estimate of drug-likeness (QED) is 0.319. The van der Waals surface area contributed by atoms with Gasteiger partial charge < -0.3 is 4.74 Å². The maximum atomic E-state index is 12.7. The lowest BCUT2D eigenvalue weighted by Crippen LogP contribution is -2.30. The van der Waals surface area contributed by atoms with Crippen molar-refractivity contribution in [2.24, 2.45) is 5.10 Å². The summed E-state index contributed by atoms with van der Waals surface area (Å²) in [6.07, 6.45) is 8.37. The fourth-order valence-electron chi connectivity index (χ4n) is 2.27. The van der Waals surface area contributed by atoms with E-state index in [-0.39, 0.29) is 16.7 Å². The van der Waals surface area contributed by atoms with Crippen molar-refractivity contribution in [1.29, 1.82) is 0 Å². The third-order valence-electron chi connectivity index (χ3n) is 3.60. The summed E-state index contributed by atoms with van der Waals surface area (Å²) in [7, 11) is 1.25. The van der Waals surface area contributed by atoms with Crippen molar-refractivity contribution in [3.63, 3.8) is 0 Å². The van der Waals surface area contributed by atoms with E-state index in [1.807, 2.05) is 36.4 Å². The summed E-state index contributed by atoms with van der Waals surface area (Å²) < 4.78 is 4.63. The second kappa shape index (κ2) is 9.62. The number of carbonyl (C=O) groups excluding carboxylic acids is 2. The van der Waals surface area contributed by atoms with E-state index in [0.717, 1.165) is 24.5 Å². The van der Waals surface area contributed by atoms with Crippen molar-refractivity contribution in [1.82, 2.24) is 9.91 Å². The molecule has 0 atom stereocenters. The molecule has 1 aliphatic heterocycles. The van der Waals surface area contributed by atoms with Gasteiger partial charge in [0.15, 0.2) is 0 Å². The standard InChI is InChI=1S/C19H21N3O3S/c1-3-4-5-9-12-20-22-16(13-17(23)25-2)18(24)21(19(22)26)14-15-10-7-6-8-11-15/h5-13H,3-4,14H2,1-2H3/b9-5+,16-13+,20-12+. The largest absolute Gasteiger partial charge is 0.466 e. The monoisotopic (exact) mass is 371 g/mol. The smallest absolute Gasteiger partial charge is 0.332 e. The Hall–Kier alpha value is -2.80. The highest BCUT2D eigenvalue weighted by Gasteiger charge is 2.38. The Labute approximate surface area is 158 Å². The number of hydrazone groups is 1. The summed E-state index contributed by atoms with van der Waals surface area (Å²) in [6, 6.07) is 9.48. The van der Waals surface area contributed by atoms with E-state index in [1.165, 1.54) is 17.0 Å². The normalized spacial score (nSPS) is 16.5. The molecule has 0 aromatic heterocycles. The first-order valence-corrected chi connectivity index (χ1v) is 8.68. The number of carbonyl (C=O) groups is 2. The number of rotatable bonds is 7. The highest BCUT2D eigenvalue weighted by atomic mass is 32.1. The van der Waals surface area contributed by atoms with Gasteiger partial charge in [-0.2, -0.15) is 5.10 Å². The lowest BCUT2D eigenvalue weighted by Gasteiger charge is -2.16. The van der Waals surface area contributed by atoms with E-state index in [0.29, 0.717) is 6.54 Å². The van der Waals surface area contributed by atoms with Crippen LogP contribution < -0.4 is 0 Å². The summed E-state index contributed by atoms with van der Waals surface area (Å²) in [5.41, 5.74) is 0.993.